The van der Waals surface area contributed by atoms with E-state index in [4.69, 9.17) is 9.26 Å². The number of piperidine rings is 2. The molecule has 4 fully saturated rings. The predicted octanol–water partition coefficient (Wildman–Crippen LogP) is 5.96. The monoisotopic (exact) mass is 542 g/mol. The molecule has 1 unspecified atom stereocenters. The second kappa shape index (κ2) is 11.8. The van der Waals surface area contributed by atoms with Gasteiger partial charge in [0.2, 0.25) is 0 Å². The largest absolute Gasteiger partial charge is 0.442 e. The van der Waals surface area contributed by atoms with Crippen LogP contribution in [0, 0.1) is 25.7 Å². The van der Waals surface area contributed by atoms with Gasteiger partial charge in [0.05, 0.1) is 5.69 Å². The van der Waals surface area contributed by atoms with Gasteiger partial charge in [-0.05, 0) is 58.8 Å². The Morgan fingerprint density at radius 2 is 1.72 bits per heavy atom. The summed E-state index contributed by atoms with van der Waals surface area (Å²) in [7, 11) is 0. The summed E-state index contributed by atoms with van der Waals surface area (Å²) in [6.07, 6.45) is 13.6. The second-order valence-corrected chi connectivity index (χ2v) is 13.2. The second-order valence-electron chi connectivity index (χ2n) is 13.2. The summed E-state index contributed by atoms with van der Waals surface area (Å²) in [6, 6.07) is 0. The Balaban J connectivity index is 1.19. The van der Waals surface area contributed by atoms with Crippen LogP contribution in [-0.2, 0) is 4.74 Å². The minimum Gasteiger partial charge on any atom is -0.442 e. The first-order valence-electron chi connectivity index (χ1n) is 15.7. The molecule has 4 heterocycles. The minimum absolute atomic E-state index is 0.0385. The van der Waals surface area contributed by atoms with E-state index in [0.717, 1.165) is 71.4 Å². The lowest BCUT2D eigenvalue weighted by Crippen LogP contribution is -2.63. The number of likely N-dealkylation sites (tertiary alicyclic amines) is 2. The van der Waals surface area contributed by atoms with Crippen LogP contribution in [0.5, 0.6) is 0 Å². The number of carbonyl (C=O) groups excluding carboxylic acids is 2. The third kappa shape index (κ3) is 5.86. The van der Waals surface area contributed by atoms with Crippen LogP contribution >= 0.6 is 0 Å². The lowest BCUT2D eigenvalue weighted by molar-refractivity contribution is -0.134. The van der Waals surface area contributed by atoms with Crippen LogP contribution in [0.15, 0.2) is 4.52 Å². The Kier molecular flexibility index (Phi) is 8.60. The molecule has 0 N–H and O–H groups in total. The number of nitrogens with zero attached hydrogens (tertiary/aromatic N) is 4. The predicted molar refractivity (Wildman–Crippen MR) is 151 cm³/mol. The normalized spacial score (nSPS) is 26.2. The van der Waals surface area contributed by atoms with E-state index >= 15 is 0 Å². The number of unbranched alkanes of at least 4 members (excludes halogenated alkanes) is 1. The van der Waals surface area contributed by atoms with Gasteiger partial charge in [0, 0.05) is 63.6 Å². The smallest absolute Gasteiger partial charge is 0.410 e. The number of ether oxygens (including phenoxy) is 1. The van der Waals surface area contributed by atoms with Crippen molar-refractivity contribution in [2.45, 2.75) is 116 Å². The molecule has 1 saturated carbocycles. The highest BCUT2D eigenvalue weighted by Gasteiger charge is 2.51. The van der Waals surface area contributed by atoms with Crippen molar-refractivity contribution in [1.82, 2.24) is 19.9 Å². The third-order valence-corrected chi connectivity index (χ3v) is 10.6. The summed E-state index contributed by atoms with van der Waals surface area (Å²) < 4.78 is 11.7. The van der Waals surface area contributed by atoms with E-state index in [0.29, 0.717) is 28.9 Å². The molecule has 1 aromatic rings. The molecular weight excluding hydrogens is 492 g/mol. The summed E-state index contributed by atoms with van der Waals surface area (Å²) in [5.74, 6) is 1.70. The highest BCUT2D eigenvalue weighted by molar-refractivity contribution is 5.96. The summed E-state index contributed by atoms with van der Waals surface area (Å²) in [6.45, 7) is 13.4. The van der Waals surface area contributed by atoms with E-state index in [1.165, 1.54) is 44.9 Å². The van der Waals surface area contributed by atoms with Crippen molar-refractivity contribution in [3.63, 3.8) is 0 Å². The van der Waals surface area contributed by atoms with Crippen molar-refractivity contribution >= 4 is 12.0 Å². The van der Waals surface area contributed by atoms with Gasteiger partial charge in [-0.15, -0.1) is 0 Å². The van der Waals surface area contributed by atoms with Crippen LogP contribution in [0.1, 0.15) is 113 Å². The van der Waals surface area contributed by atoms with E-state index < -0.39 is 0 Å². The molecule has 3 aliphatic heterocycles. The van der Waals surface area contributed by atoms with Crippen LogP contribution in [0.4, 0.5) is 4.79 Å². The average Bonchev–Trinajstić information content (AvgIpc) is 3.28. The first kappa shape index (κ1) is 28.4. The van der Waals surface area contributed by atoms with Gasteiger partial charge in [-0.3, -0.25) is 9.69 Å². The summed E-state index contributed by atoms with van der Waals surface area (Å²) >= 11 is 0. The molecule has 1 spiro atoms. The molecule has 5 rings (SSSR count). The van der Waals surface area contributed by atoms with Crippen molar-refractivity contribution in [2.24, 2.45) is 11.8 Å². The summed E-state index contributed by atoms with van der Waals surface area (Å²) in [5.41, 5.74) is 1.03. The van der Waals surface area contributed by atoms with Crippen LogP contribution in [0.25, 0.3) is 0 Å². The van der Waals surface area contributed by atoms with Gasteiger partial charge in [-0.2, -0.15) is 0 Å². The van der Waals surface area contributed by atoms with Gasteiger partial charge in [0.1, 0.15) is 16.9 Å². The first-order chi connectivity index (χ1) is 18.7. The number of rotatable bonds is 7. The number of carbonyl (C=O) groups is 2. The highest BCUT2D eigenvalue weighted by atomic mass is 16.6. The lowest BCUT2D eigenvalue weighted by atomic mass is 9.74. The van der Waals surface area contributed by atoms with Crippen molar-refractivity contribution in [3.05, 3.63) is 17.0 Å². The Hall–Kier alpha value is -2.09. The minimum atomic E-state index is -0.317. The maximum atomic E-state index is 13.3. The van der Waals surface area contributed by atoms with Crippen molar-refractivity contribution in [1.29, 1.82) is 0 Å². The molecule has 39 heavy (non-hydrogen) atoms. The number of aryl methyl sites for hydroxylation is 2. The molecule has 0 bridgehead atoms. The van der Waals surface area contributed by atoms with E-state index in [2.05, 4.69) is 28.8 Å². The zero-order chi connectivity index (χ0) is 27.6. The van der Waals surface area contributed by atoms with Gasteiger partial charge in [-0.1, -0.05) is 44.2 Å². The van der Waals surface area contributed by atoms with Gasteiger partial charge >= 0.3 is 6.09 Å². The number of hydrogen-bond acceptors (Lipinski definition) is 6. The SMILES string of the molecule is CCCCC1CN(CC2CCCCC2)C(=O)OC12CCN(C1(C)CCN(C(=O)c3c(C)noc3C)CC1)CC2. The quantitative estimate of drug-likeness (QED) is 0.423. The fourth-order valence-electron chi connectivity index (χ4n) is 7.85. The molecule has 2 amide bonds. The standard InChI is InChI=1S/C31H50N4O4/c1-5-6-12-26-22-34(21-25-10-8-7-9-11-25)29(37)38-31(26)15-19-35(20-16-31)30(4)13-17-33(18-14-30)28(36)27-23(2)32-39-24(27)3/h25-26H,5-22H2,1-4H3. The summed E-state index contributed by atoms with van der Waals surface area (Å²) in [4.78, 5) is 33.1. The summed E-state index contributed by atoms with van der Waals surface area (Å²) in [5, 5.41) is 3.97. The molecule has 0 radical (unpaired) electrons. The maximum Gasteiger partial charge on any atom is 0.410 e. The fourth-order valence-corrected chi connectivity index (χ4v) is 7.85. The third-order valence-electron chi connectivity index (χ3n) is 10.6. The Bertz CT molecular complexity index is 981. The molecule has 1 atom stereocenters. The molecule has 8 nitrogen and oxygen atoms in total. The van der Waals surface area contributed by atoms with Gasteiger partial charge in [0.25, 0.3) is 5.91 Å². The molecule has 8 heteroatoms. The maximum absolute atomic E-state index is 13.3. The van der Waals surface area contributed by atoms with Crippen molar-refractivity contribution < 1.29 is 18.8 Å². The molecule has 0 aromatic carbocycles. The van der Waals surface area contributed by atoms with Gasteiger partial charge < -0.3 is 19.1 Å². The molecular formula is C31H50N4O4. The molecule has 1 aliphatic carbocycles. The topological polar surface area (TPSA) is 79.1 Å². The van der Waals surface area contributed by atoms with Crippen LogP contribution in [-0.4, -0.2) is 82.3 Å². The van der Waals surface area contributed by atoms with E-state index in [9.17, 15) is 9.59 Å². The number of amides is 2. The Morgan fingerprint density at radius 1 is 1.03 bits per heavy atom. The van der Waals surface area contributed by atoms with Crippen LogP contribution < -0.4 is 0 Å². The Labute approximate surface area is 234 Å². The van der Waals surface area contributed by atoms with Crippen molar-refractivity contribution in [2.75, 3.05) is 39.3 Å². The van der Waals surface area contributed by atoms with Gasteiger partial charge in [-0.25, -0.2) is 4.79 Å². The number of hydrogen-bond donors (Lipinski definition) is 0. The fraction of sp³-hybridized carbons (Fsp3) is 0.839. The highest BCUT2D eigenvalue weighted by Crippen LogP contribution is 2.43. The molecule has 218 valence electrons. The first-order valence-corrected chi connectivity index (χ1v) is 15.7. The number of aromatic nitrogens is 1. The Morgan fingerprint density at radius 3 is 2.33 bits per heavy atom. The molecule has 3 saturated heterocycles. The van der Waals surface area contributed by atoms with Crippen LogP contribution in [0.2, 0.25) is 0 Å². The average molecular weight is 543 g/mol. The van der Waals surface area contributed by atoms with Gasteiger partial charge in [0.15, 0.2) is 0 Å². The van der Waals surface area contributed by atoms with Crippen LogP contribution in [0.3, 0.4) is 0 Å². The van der Waals surface area contributed by atoms with E-state index in [-0.39, 0.29) is 23.1 Å². The van der Waals surface area contributed by atoms with Crippen molar-refractivity contribution in [3.8, 4) is 0 Å². The van der Waals surface area contributed by atoms with E-state index in [1.807, 2.05) is 18.7 Å². The zero-order valence-corrected chi connectivity index (χ0v) is 24.8. The molecule has 4 aliphatic rings. The zero-order valence-electron chi connectivity index (χ0n) is 24.8. The van der Waals surface area contributed by atoms with E-state index in [1.54, 1.807) is 0 Å². The lowest BCUT2D eigenvalue weighted by Gasteiger charge is -2.55. The molecule has 1 aromatic heterocycles.